The predicted octanol–water partition coefficient (Wildman–Crippen LogP) is 0.856. The highest BCUT2D eigenvalue weighted by Crippen LogP contribution is 2.57. The number of aliphatic hydroxyl groups excluding tert-OH is 2. The van der Waals surface area contributed by atoms with Gasteiger partial charge >= 0.3 is 0 Å². The molecule has 0 aromatic heterocycles. The van der Waals surface area contributed by atoms with Gasteiger partial charge in [-0.1, -0.05) is 0 Å². The number of hydrogen-bond donors (Lipinski definition) is 6. The van der Waals surface area contributed by atoms with E-state index in [1.807, 2.05) is 0 Å². The summed E-state index contributed by atoms with van der Waals surface area (Å²) in [5.41, 5.74) is 1.50. The number of amides is 2. The molecule has 2 amide bonds. The fraction of sp³-hybridized carbons (Fsp3) is 0.548. The standard InChI is InChI=1S/C31H37F2N5O8/c1-36(2)17-7-16(35-18(39)8-38-11-29(12-38)9-30(32,33)10-29)23(40)20-14(17)5-13-6-15-22(37(3)4)25(42)21(28(34)45)27(44)31(15,46)26(43)19(13)24(20)41/h7,13,15,22,40,42-43,46H,5-6,8-12H2,1-4H3,(H2,34,45)(H,35,39)/t13-,15-,22-,31-/m0/s1. The molecule has 0 unspecified atom stereocenters. The van der Waals surface area contributed by atoms with E-state index in [4.69, 9.17) is 5.73 Å². The van der Waals surface area contributed by atoms with Gasteiger partial charge in [0.15, 0.2) is 17.1 Å². The average molecular weight is 646 g/mol. The van der Waals surface area contributed by atoms with Crippen molar-refractivity contribution in [3.8, 4) is 5.75 Å². The number of nitrogens with zero attached hydrogens (tertiary/aromatic N) is 3. The molecule has 4 aliphatic carbocycles. The third-order valence-corrected chi connectivity index (χ3v) is 10.2. The Morgan fingerprint density at radius 2 is 1.74 bits per heavy atom. The topological polar surface area (TPSA) is 197 Å². The summed E-state index contributed by atoms with van der Waals surface area (Å²) in [7, 11) is 6.51. The number of nitrogens with two attached hydrogens (primary N) is 1. The van der Waals surface area contributed by atoms with Gasteiger partial charge in [-0.05, 0) is 44.5 Å². The molecule has 1 heterocycles. The zero-order valence-corrected chi connectivity index (χ0v) is 25.9. The van der Waals surface area contributed by atoms with Crippen LogP contribution in [0.5, 0.6) is 5.75 Å². The van der Waals surface area contributed by atoms with Crippen molar-refractivity contribution in [1.82, 2.24) is 9.80 Å². The molecule has 1 saturated carbocycles. The minimum Gasteiger partial charge on any atom is -0.510 e. The Kier molecular flexibility index (Phi) is 7.08. The zero-order valence-electron chi connectivity index (χ0n) is 25.9. The number of aromatic hydroxyl groups is 1. The first-order valence-electron chi connectivity index (χ1n) is 14.9. The Morgan fingerprint density at radius 3 is 2.28 bits per heavy atom. The van der Waals surface area contributed by atoms with Crippen molar-refractivity contribution in [1.29, 1.82) is 0 Å². The number of benzene rings is 1. The van der Waals surface area contributed by atoms with Crippen LogP contribution in [0.1, 0.15) is 35.2 Å². The number of allylic oxidation sites excluding steroid dienone is 1. The SMILES string of the molecule is CN(C)c1cc(NC(=O)CN2CC3(C2)CC(F)(F)C3)c(O)c2c1C[C@H]1C[C@H]3[C@H](N(C)C)C(O)=C(C(N)=O)C(=O)[C@@]3(O)C(O)=C1C2=O. The number of carbonyl (C=O) groups is 4. The minimum atomic E-state index is -2.77. The van der Waals surface area contributed by atoms with Gasteiger partial charge in [0.1, 0.15) is 17.1 Å². The number of alkyl halides is 2. The summed E-state index contributed by atoms with van der Waals surface area (Å²) in [5, 5.41) is 48.2. The van der Waals surface area contributed by atoms with Crippen LogP contribution in [0.15, 0.2) is 28.7 Å². The van der Waals surface area contributed by atoms with E-state index >= 15 is 0 Å². The second kappa shape index (κ2) is 10.2. The predicted molar refractivity (Wildman–Crippen MR) is 160 cm³/mol. The summed E-state index contributed by atoms with van der Waals surface area (Å²) >= 11 is 0. The van der Waals surface area contributed by atoms with E-state index in [2.05, 4.69) is 5.32 Å². The van der Waals surface area contributed by atoms with Gasteiger partial charge in [-0.2, -0.15) is 0 Å². The van der Waals surface area contributed by atoms with Crippen molar-refractivity contribution in [2.24, 2.45) is 23.0 Å². The molecule has 7 N–H and O–H groups in total. The Balaban J connectivity index is 1.35. The first-order valence-corrected chi connectivity index (χ1v) is 14.9. The number of nitrogens with one attached hydrogen (secondary N) is 1. The van der Waals surface area contributed by atoms with Crippen molar-refractivity contribution in [3.63, 3.8) is 0 Å². The van der Waals surface area contributed by atoms with E-state index in [1.54, 1.807) is 38.0 Å². The molecular formula is C31H37F2N5O8. The van der Waals surface area contributed by atoms with Gasteiger partial charge in [-0.25, -0.2) is 8.78 Å². The number of halogens is 2. The fourth-order valence-corrected chi connectivity index (χ4v) is 8.47. The summed E-state index contributed by atoms with van der Waals surface area (Å²) in [6.45, 7) is 0.587. The van der Waals surface area contributed by atoms with Crippen LogP contribution in [-0.2, 0) is 20.8 Å². The van der Waals surface area contributed by atoms with Gasteiger partial charge in [0.25, 0.3) is 5.91 Å². The van der Waals surface area contributed by atoms with Crippen molar-refractivity contribution < 1.29 is 48.4 Å². The smallest absolute Gasteiger partial charge is 0.255 e. The lowest BCUT2D eigenvalue weighted by Crippen LogP contribution is -2.66. The average Bonchev–Trinajstić information content (AvgIpc) is 2.89. The number of primary amides is 1. The lowest BCUT2D eigenvalue weighted by Gasteiger charge is -2.58. The number of anilines is 2. The molecule has 1 aromatic carbocycles. The number of likely N-dealkylation sites (N-methyl/N-ethyl adjacent to an activating group) is 1. The highest BCUT2D eigenvalue weighted by molar-refractivity contribution is 6.25. The normalized spacial score (nSPS) is 29.5. The van der Waals surface area contributed by atoms with Gasteiger partial charge in [0, 0.05) is 62.6 Å². The van der Waals surface area contributed by atoms with E-state index in [9.17, 15) is 48.4 Å². The van der Waals surface area contributed by atoms with Crippen LogP contribution in [0.4, 0.5) is 20.2 Å². The zero-order chi connectivity index (χ0) is 33.8. The third kappa shape index (κ3) is 4.50. The number of rotatable bonds is 6. The Morgan fingerprint density at radius 1 is 1.11 bits per heavy atom. The van der Waals surface area contributed by atoms with E-state index in [0.717, 1.165) is 0 Å². The molecule has 0 bridgehead atoms. The van der Waals surface area contributed by atoms with Crippen LogP contribution in [0.2, 0.25) is 0 Å². The molecular weight excluding hydrogens is 608 g/mol. The van der Waals surface area contributed by atoms with Crippen LogP contribution < -0.4 is 16.0 Å². The highest BCUT2D eigenvalue weighted by Gasteiger charge is 2.64. The second-order valence-corrected chi connectivity index (χ2v) is 13.9. The molecule has 1 aromatic rings. The lowest BCUT2D eigenvalue weighted by molar-refractivity contribution is -0.212. The van der Waals surface area contributed by atoms with Gasteiger partial charge in [0.2, 0.25) is 17.6 Å². The number of phenols is 1. The van der Waals surface area contributed by atoms with E-state index < -0.39 is 81.0 Å². The number of ketones is 2. The maximum Gasteiger partial charge on any atom is 0.255 e. The van der Waals surface area contributed by atoms with Crippen LogP contribution in [0.25, 0.3) is 0 Å². The first kappa shape index (κ1) is 31.9. The summed E-state index contributed by atoms with van der Waals surface area (Å²) in [4.78, 5) is 57.7. The lowest BCUT2D eigenvalue weighted by atomic mass is 9.58. The number of fused-ring (bicyclic) bond motifs is 3. The Bertz CT molecular complexity index is 1650. The summed E-state index contributed by atoms with van der Waals surface area (Å²) < 4.78 is 26.7. The summed E-state index contributed by atoms with van der Waals surface area (Å²) in [5.74, 6) is -10.8. The maximum atomic E-state index is 14.1. The first-order chi connectivity index (χ1) is 21.3. The number of phenolic OH excluding ortho intramolecular Hbond substituents is 1. The van der Waals surface area contributed by atoms with Crippen molar-refractivity contribution in [2.75, 3.05) is 58.0 Å². The van der Waals surface area contributed by atoms with Gasteiger partial charge in [0.05, 0.1) is 23.8 Å². The van der Waals surface area contributed by atoms with Gasteiger partial charge in [-0.3, -0.25) is 29.0 Å². The molecule has 4 atom stereocenters. The molecule has 5 aliphatic rings. The van der Waals surface area contributed by atoms with Crippen LogP contribution in [0, 0.1) is 17.3 Å². The Hall–Kier alpha value is -4.08. The molecule has 248 valence electrons. The quantitative estimate of drug-likeness (QED) is 0.190. The molecule has 2 fully saturated rings. The van der Waals surface area contributed by atoms with Gasteiger partial charge in [-0.15, -0.1) is 0 Å². The minimum absolute atomic E-state index is 0.0544. The third-order valence-electron chi connectivity index (χ3n) is 10.2. The van der Waals surface area contributed by atoms with E-state index in [1.165, 1.54) is 11.0 Å². The highest BCUT2D eigenvalue weighted by atomic mass is 19.3. The van der Waals surface area contributed by atoms with Crippen molar-refractivity contribution in [3.05, 3.63) is 39.9 Å². The van der Waals surface area contributed by atoms with Crippen molar-refractivity contribution in [2.45, 2.75) is 43.2 Å². The monoisotopic (exact) mass is 645 g/mol. The van der Waals surface area contributed by atoms with Gasteiger partial charge < -0.3 is 36.4 Å². The number of hydrogen-bond acceptors (Lipinski definition) is 11. The van der Waals surface area contributed by atoms with E-state index in [-0.39, 0.29) is 49.1 Å². The van der Waals surface area contributed by atoms with Crippen LogP contribution in [-0.4, -0.2) is 119 Å². The molecule has 6 rings (SSSR count). The number of Topliss-reactive ketones (excluding diaryl/α,β-unsaturated/α-hetero) is 2. The summed E-state index contributed by atoms with van der Waals surface area (Å²) in [6, 6.07) is 0.407. The molecule has 1 saturated heterocycles. The fourth-order valence-electron chi connectivity index (χ4n) is 8.47. The van der Waals surface area contributed by atoms with E-state index in [0.29, 0.717) is 24.3 Å². The molecule has 13 nitrogen and oxygen atoms in total. The van der Waals surface area contributed by atoms with Crippen LogP contribution in [0.3, 0.4) is 0 Å². The van der Waals surface area contributed by atoms with Crippen molar-refractivity contribution >= 4 is 34.8 Å². The number of likely N-dealkylation sites (tertiary alicyclic amines) is 1. The van der Waals surface area contributed by atoms with Crippen LogP contribution >= 0.6 is 0 Å². The largest absolute Gasteiger partial charge is 0.510 e. The molecule has 15 heteroatoms. The number of aliphatic hydroxyl groups is 3. The number of carbonyl (C=O) groups excluding carboxylic acids is 4. The maximum absolute atomic E-state index is 14.1. The molecule has 1 aliphatic heterocycles. The Labute approximate surface area is 262 Å². The summed E-state index contributed by atoms with van der Waals surface area (Å²) in [6.07, 6.45) is -0.383. The second-order valence-electron chi connectivity index (χ2n) is 13.9. The molecule has 46 heavy (non-hydrogen) atoms. The molecule has 0 radical (unpaired) electrons. The molecule has 1 spiro atoms.